The van der Waals surface area contributed by atoms with E-state index in [4.69, 9.17) is 11.6 Å². The van der Waals surface area contributed by atoms with Gasteiger partial charge in [-0.1, -0.05) is 29.8 Å². The third-order valence-electron chi connectivity index (χ3n) is 4.03. The zero-order valence-corrected chi connectivity index (χ0v) is 16.4. The highest BCUT2D eigenvalue weighted by Gasteiger charge is 2.22. The number of carbonyl (C=O) groups is 1. The van der Waals surface area contributed by atoms with Crippen LogP contribution in [0.3, 0.4) is 0 Å². The van der Waals surface area contributed by atoms with Crippen LogP contribution in [0, 0.1) is 0 Å². The molecule has 0 aliphatic carbocycles. The second kappa shape index (κ2) is 7.92. The maximum atomic E-state index is 12.9. The molecule has 144 valence electrons. The molecule has 0 heterocycles. The largest absolute Gasteiger partial charge is 0.508 e. The van der Waals surface area contributed by atoms with Gasteiger partial charge in [0.05, 0.1) is 10.6 Å². The molecule has 28 heavy (non-hydrogen) atoms. The van der Waals surface area contributed by atoms with Gasteiger partial charge in [0.1, 0.15) is 5.75 Å². The van der Waals surface area contributed by atoms with E-state index in [1.807, 2.05) is 0 Å². The monoisotopic (exact) mass is 416 g/mol. The summed E-state index contributed by atoms with van der Waals surface area (Å²) in [5.41, 5.74) is 0.973. The number of nitrogens with zero attached hydrogens (tertiary/aromatic N) is 1. The van der Waals surface area contributed by atoms with Gasteiger partial charge >= 0.3 is 0 Å². The van der Waals surface area contributed by atoms with Gasteiger partial charge in [0.2, 0.25) is 0 Å². The van der Waals surface area contributed by atoms with Crippen molar-refractivity contribution >= 4 is 38.9 Å². The van der Waals surface area contributed by atoms with Crippen molar-refractivity contribution in [3.05, 3.63) is 83.4 Å². The summed E-state index contributed by atoms with van der Waals surface area (Å²) in [6.45, 7) is 0. The van der Waals surface area contributed by atoms with E-state index in [0.717, 1.165) is 4.31 Å². The van der Waals surface area contributed by atoms with Gasteiger partial charge in [-0.2, -0.15) is 0 Å². The van der Waals surface area contributed by atoms with E-state index in [0.29, 0.717) is 16.4 Å². The lowest BCUT2D eigenvalue weighted by Gasteiger charge is -2.20. The summed E-state index contributed by atoms with van der Waals surface area (Å²) in [6, 6.07) is 18.3. The van der Waals surface area contributed by atoms with E-state index < -0.39 is 15.9 Å². The van der Waals surface area contributed by atoms with Gasteiger partial charge in [0.25, 0.3) is 15.9 Å². The normalized spacial score (nSPS) is 11.1. The smallest absolute Gasteiger partial charge is 0.264 e. The lowest BCUT2D eigenvalue weighted by molar-refractivity contribution is 0.102. The zero-order chi connectivity index (χ0) is 20.3. The number of rotatable bonds is 5. The first-order valence-electron chi connectivity index (χ1n) is 8.22. The molecule has 0 aliphatic rings. The molecule has 3 aromatic rings. The Bertz CT molecular complexity index is 1130. The maximum absolute atomic E-state index is 12.9. The van der Waals surface area contributed by atoms with Crippen molar-refractivity contribution < 1.29 is 18.3 Å². The van der Waals surface area contributed by atoms with Gasteiger partial charge in [-0.15, -0.1) is 0 Å². The predicted octanol–water partition coefficient (Wildman–Crippen LogP) is 4.12. The summed E-state index contributed by atoms with van der Waals surface area (Å²) in [5.74, 6) is -0.481. The highest BCUT2D eigenvalue weighted by atomic mass is 35.5. The second-order valence-corrected chi connectivity index (χ2v) is 8.39. The van der Waals surface area contributed by atoms with Crippen molar-refractivity contribution in [1.29, 1.82) is 0 Å². The van der Waals surface area contributed by atoms with E-state index in [1.54, 1.807) is 30.3 Å². The number of amides is 1. The van der Waals surface area contributed by atoms with Crippen molar-refractivity contribution in [1.82, 2.24) is 0 Å². The van der Waals surface area contributed by atoms with E-state index in [2.05, 4.69) is 5.32 Å². The van der Waals surface area contributed by atoms with Crippen molar-refractivity contribution in [2.24, 2.45) is 0 Å². The van der Waals surface area contributed by atoms with Crippen molar-refractivity contribution in [3.8, 4) is 5.75 Å². The van der Waals surface area contributed by atoms with Gasteiger partial charge in [-0.05, 0) is 48.5 Å². The number of halogens is 1. The van der Waals surface area contributed by atoms with Crippen LogP contribution in [0.4, 0.5) is 11.4 Å². The van der Waals surface area contributed by atoms with Crippen molar-refractivity contribution in [3.63, 3.8) is 0 Å². The van der Waals surface area contributed by atoms with Gasteiger partial charge in [-0.25, -0.2) is 8.42 Å². The minimum Gasteiger partial charge on any atom is -0.508 e. The number of sulfonamides is 1. The molecule has 0 saturated carbocycles. The summed E-state index contributed by atoms with van der Waals surface area (Å²) >= 11 is 5.95. The number of aromatic hydroxyl groups is 1. The van der Waals surface area contributed by atoms with Crippen LogP contribution in [0.25, 0.3) is 0 Å². The Kier molecular flexibility index (Phi) is 5.58. The van der Waals surface area contributed by atoms with Crippen LogP contribution in [0.2, 0.25) is 5.02 Å². The minimum atomic E-state index is -3.89. The molecule has 0 radical (unpaired) electrons. The van der Waals surface area contributed by atoms with Gasteiger partial charge < -0.3 is 10.4 Å². The average Bonchev–Trinajstić information content (AvgIpc) is 2.67. The molecule has 8 heteroatoms. The molecule has 0 fully saturated rings. The first-order valence-corrected chi connectivity index (χ1v) is 10.0. The Hall–Kier alpha value is -3.03. The Morgan fingerprint density at radius 3 is 2.43 bits per heavy atom. The van der Waals surface area contributed by atoms with E-state index in [-0.39, 0.29) is 16.2 Å². The molecule has 0 aromatic heterocycles. The number of benzene rings is 3. The SMILES string of the molecule is CN(c1cccc(Cl)c1)S(=O)(=O)c1cccc(C(=O)Nc2cccc(O)c2)c1. The van der Waals surface area contributed by atoms with E-state index in [9.17, 15) is 18.3 Å². The molecule has 0 unspecified atom stereocenters. The van der Waals surface area contributed by atoms with Crippen molar-refractivity contribution in [2.75, 3.05) is 16.7 Å². The molecule has 6 nitrogen and oxygen atoms in total. The molecule has 3 rings (SSSR count). The standard InChI is InChI=1S/C20H17ClN2O4S/c1-23(17-8-3-6-15(21)12-17)28(26,27)19-10-2-5-14(11-19)20(25)22-16-7-4-9-18(24)13-16/h2-13,24H,1H3,(H,22,25). The van der Waals surface area contributed by atoms with Crippen molar-refractivity contribution in [2.45, 2.75) is 4.90 Å². The van der Waals surface area contributed by atoms with Crippen LogP contribution in [0.15, 0.2) is 77.7 Å². The quantitative estimate of drug-likeness (QED) is 0.654. The number of nitrogens with one attached hydrogen (secondary N) is 1. The minimum absolute atomic E-state index is 0.0114. The van der Waals surface area contributed by atoms with Crippen LogP contribution in [0.1, 0.15) is 10.4 Å². The molecular weight excluding hydrogens is 400 g/mol. The first-order chi connectivity index (χ1) is 13.3. The molecule has 0 atom stereocenters. The number of carbonyl (C=O) groups excluding carboxylic acids is 1. The van der Waals surface area contributed by atoms with Crippen LogP contribution >= 0.6 is 11.6 Å². The second-order valence-electron chi connectivity index (χ2n) is 5.98. The number of phenolic OH excluding ortho intramolecular Hbond substituents is 1. The molecule has 2 N–H and O–H groups in total. The number of phenols is 1. The summed E-state index contributed by atoms with van der Waals surface area (Å²) < 4.78 is 27.0. The van der Waals surface area contributed by atoms with Crippen LogP contribution < -0.4 is 9.62 Å². The summed E-state index contributed by atoms with van der Waals surface area (Å²) in [6.07, 6.45) is 0. The molecule has 0 saturated heterocycles. The average molecular weight is 417 g/mol. The summed E-state index contributed by atoms with van der Waals surface area (Å²) in [7, 11) is -2.47. The molecule has 0 bridgehead atoms. The number of hydrogen-bond donors (Lipinski definition) is 2. The van der Waals surface area contributed by atoms with Crippen LogP contribution in [0.5, 0.6) is 5.75 Å². The zero-order valence-electron chi connectivity index (χ0n) is 14.8. The fraction of sp³-hybridized carbons (Fsp3) is 0.0500. The Balaban J connectivity index is 1.88. The Morgan fingerprint density at radius 2 is 1.71 bits per heavy atom. The molecule has 0 spiro atoms. The van der Waals surface area contributed by atoms with Gasteiger partial charge in [0, 0.05) is 29.4 Å². The fourth-order valence-corrected chi connectivity index (χ4v) is 3.97. The van der Waals surface area contributed by atoms with Gasteiger partial charge in [0.15, 0.2) is 0 Å². The fourth-order valence-electron chi connectivity index (χ4n) is 2.55. The lowest BCUT2D eigenvalue weighted by Crippen LogP contribution is -2.26. The lowest BCUT2D eigenvalue weighted by atomic mass is 10.2. The maximum Gasteiger partial charge on any atom is 0.264 e. The van der Waals surface area contributed by atoms with E-state index in [1.165, 1.54) is 49.5 Å². The first kappa shape index (κ1) is 19.7. The third kappa shape index (κ3) is 4.27. The van der Waals surface area contributed by atoms with Crippen LogP contribution in [-0.2, 0) is 10.0 Å². The number of hydrogen-bond acceptors (Lipinski definition) is 4. The molecular formula is C20H17ClN2O4S. The summed E-state index contributed by atoms with van der Waals surface area (Å²) in [5, 5.41) is 12.5. The number of anilines is 2. The molecule has 3 aromatic carbocycles. The molecule has 1 amide bonds. The third-order valence-corrected chi connectivity index (χ3v) is 6.05. The van der Waals surface area contributed by atoms with E-state index >= 15 is 0 Å². The topological polar surface area (TPSA) is 86.7 Å². The predicted molar refractivity (Wildman–Crippen MR) is 110 cm³/mol. The Labute approximate surface area is 168 Å². The van der Waals surface area contributed by atoms with Crippen LogP contribution in [-0.4, -0.2) is 26.5 Å². The summed E-state index contributed by atoms with van der Waals surface area (Å²) in [4.78, 5) is 12.4. The highest BCUT2D eigenvalue weighted by Crippen LogP contribution is 2.25. The van der Waals surface area contributed by atoms with Gasteiger partial charge in [-0.3, -0.25) is 9.10 Å². The molecule has 0 aliphatic heterocycles. The highest BCUT2D eigenvalue weighted by molar-refractivity contribution is 7.92. The Morgan fingerprint density at radius 1 is 1.00 bits per heavy atom.